The summed E-state index contributed by atoms with van der Waals surface area (Å²) in [5, 5.41) is 3.34. The molecule has 1 atom stereocenters. The number of nitrogens with one attached hydrogen (secondary N) is 1. The molecule has 1 amide bonds. The normalized spacial score (nSPS) is 18.4. The topological polar surface area (TPSA) is 50.8 Å². The summed E-state index contributed by atoms with van der Waals surface area (Å²) in [4.78, 5) is 13.4. The number of amides is 1. The van der Waals surface area contributed by atoms with Crippen LogP contribution in [-0.4, -0.2) is 55.5 Å². The SMILES string of the molecule is CC(CNC1COC1)N(C)C(=O)OC(C)(C)C. The minimum Gasteiger partial charge on any atom is -0.444 e. The predicted molar refractivity (Wildman–Crippen MR) is 66.1 cm³/mol. The Hall–Kier alpha value is -0.810. The molecule has 5 nitrogen and oxygen atoms in total. The van der Waals surface area contributed by atoms with Gasteiger partial charge in [0.2, 0.25) is 0 Å². The van der Waals surface area contributed by atoms with E-state index in [9.17, 15) is 4.79 Å². The molecule has 0 bridgehead atoms. The van der Waals surface area contributed by atoms with E-state index in [1.165, 1.54) is 0 Å². The van der Waals surface area contributed by atoms with Crippen LogP contribution in [0.15, 0.2) is 0 Å². The van der Waals surface area contributed by atoms with Gasteiger partial charge in [-0.25, -0.2) is 4.79 Å². The van der Waals surface area contributed by atoms with Crippen molar-refractivity contribution in [3.8, 4) is 0 Å². The molecule has 1 saturated heterocycles. The van der Waals surface area contributed by atoms with Crippen LogP contribution in [-0.2, 0) is 9.47 Å². The molecule has 0 saturated carbocycles. The van der Waals surface area contributed by atoms with E-state index in [2.05, 4.69) is 5.32 Å². The Balaban J connectivity index is 2.28. The number of nitrogens with zero attached hydrogens (tertiary/aromatic N) is 1. The van der Waals surface area contributed by atoms with Gasteiger partial charge in [-0.3, -0.25) is 0 Å². The van der Waals surface area contributed by atoms with Crippen molar-refractivity contribution >= 4 is 6.09 Å². The highest BCUT2D eigenvalue weighted by atomic mass is 16.6. The number of likely N-dealkylation sites (N-methyl/N-ethyl adjacent to an activating group) is 1. The van der Waals surface area contributed by atoms with Crippen LogP contribution in [0.25, 0.3) is 0 Å². The van der Waals surface area contributed by atoms with Gasteiger partial charge in [-0.15, -0.1) is 0 Å². The number of ether oxygens (including phenoxy) is 2. The van der Waals surface area contributed by atoms with Crippen molar-refractivity contribution in [1.82, 2.24) is 10.2 Å². The van der Waals surface area contributed by atoms with Crippen LogP contribution < -0.4 is 5.32 Å². The van der Waals surface area contributed by atoms with E-state index in [0.29, 0.717) is 6.04 Å². The van der Waals surface area contributed by atoms with Gasteiger partial charge in [0.05, 0.1) is 19.3 Å². The van der Waals surface area contributed by atoms with Crippen molar-refractivity contribution in [2.45, 2.75) is 45.4 Å². The first-order valence-electron chi connectivity index (χ1n) is 6.06. The monoisotopic (exact) mass is 244 g/mol. The number of carbonyl (C=O) groups excluding carboxylic acids is 1. The first-order chi connectivity index (χ1) is 7.79. The van der Waals surface area contributed by atoms with E-state index in [1.807, 2.05) is 27.7 Å². The van der Waals surface area contributed by atoms with Gasteiger partial charge < -0.3 is 19.7 Å². The quantitative estimate of drug-likeness (QED) is 0.808. The fourth-order valence-electron chi connectivity index (χ4n) is 1.34. The number of hydrogen-bond acceptors (Lipinski definition) is 4. The average Bonchev–Trinajstić information content (AvgIpc) is 2.11. The lowest BCUT2D eigenvalue weighted by Gasteiger charge is -2.32. The second-order valence-corrected chi connectivity index (χ2v) is 5.58. The molecular formula is C12H24N2O3. The highest BCUT2D eigenvalue weighted by Gasteiger charge is 2.24. The molecule has 0 aliphatic carbocycles. The summed E-state index contributed by atoms with van der Waals surface area (Å²) < 4.78 is 10.4. The maximum absolute atomic E-state index is 11.8. The molecule has 100 valence electrons. The van der Waals surface area contributed by atoms with Crippen molar-refractivity contribution in [1.29, 1.82) is 0 Å². The summed E-state index contributed by atoms with van der Waals surface area (Å²) in [7, 11) is 1.76. The molecule has 0 aromatic heterocycles. The van der Waals surface area contributed by atoms with Gasteiger partial charge in [0.15, 0.2) is 0 Å². The molecule has 5 heteroatoms. The Labute approximate surface area is 103 Å². The Morgan fingerprint density at radius 2 is 2.12 bits per heavy atom. The van der Waals surface area contributed by atoms with E-state index in [-0.39, 0.29) is 12.1 Å². The minimum atomic E-state index is -0.444. The lowest BCUT2D eigenvalue weighted by Crippen LogP contribution is -2.51. The molecule has 0 aromatic rings. The van der Waals surface area contributed by atoms with E-state index >= 15 is 0 Å². The van der Waals surface area contributed by atoms with Crippen LogP contribution in [0.4, 0.5) is 4.79 Å². The lowest BCUT2D eigenvalue weighted by atomic mass is 10.2. The second kappa shape index (κ2) is 5.69. The lowest BCUT2D eigenvalue weighted by molar-refractivity contribution is -0.00881. The summed E-state index contributed by atoms with van der Waals surface area (Å²) in [6, 6.07) is 0.537. The molecule has 1 heterocycles. The second-order valence-electron chi connectivity index (χ2n) is 5.58. The molecule has 0 radical (unpaired) electrons. The van der Waals surface area contributed by atoms with E-state index in [1.54, 1.807) is 11.9 Å². The summed E-state index contributed by atoms with van der Waals surface area (Å²) in [6.07, 6.45) is -0.281. The minimum absolute atomic E-state index is 0.102. The first kappa shape index (κ1) is 14.3. The van der Waals surface area contributed by atoms with Crippen LogP contribution in [0.3, 0.4) is 0 Å². The van der Waals surface area contributed by atoms with Gasteiger partial charge in [-0.2, -0.15) is 0 Å². The van der Waals surface area contributed by atoms with Gasteiger partial charge in [0, 0.05) is 19.6 Å². The zero-order chi connectivity index (χ0) is 13.1. The fraction of sp³-hybridized carbons (Fsp3) is 0.917. The predicted octanol–water partition coefficient (Wildman–Crippen LogP) is 1.23. The van der Waals surface area contributed by atoms with Crippen LogP contribution in [0.1, 0.15) is 27.7 Å². The third-order valence-corrected chi connectivity index (χ3v) is 2.68. The van der Waals surface area contributed by atoms with Crippen molar-refractivity contribution in [3.63, 3.8) is 0 Å². The largest absolute Gasteiger partial charge is 0.444 e. The van der Waals surface area contributed by atoms with Crippen LogP contribution in [0.5, 0.6) is 0 Å². The molecule has 1 N–H and O–H groups in total. The molecule has 1 unspecified atom stereocenters. The summed E-state index contributed by atoms with van der Waals surface area (Å²) >= 11 is 0. The zero-order valence-corrected chi connectivity index (χ0v) is 11.4. The molecule has 0 spiro atoms. The molecule has 1 aliphatic rings. The summed E-state index contributed by atoms with van der Waals surface area (Å²) in [5.41, 5.74) is -0.444. The third kappa shape index (κ3) is 4.91. The van der Waals surface area contributed by atoms with E-state index in [4.69, 9.17) is 9.47 Å². The highest BCUT2D eigenvalue weighted by Crippen LogP contribution is 2.10. The van der Waals surface area contributed by atoms with Crippen LogP contribution >= 0.6 is 0 Å². The van der Waals surface area contributed by atoms with Gasteiger partial charge >= 0.3 is 6.09 Å². The molecule has 17 heavy (non-hydrogen) atoms. The summed E-state index contributed by atoms with van der Waals surface area (Å²) in [6.45, 7) is 9.89. The van der Waals surface area contributed by atoms with Gasteiger partial charge in [0.1, 0.15) is 5.60 Å². The van der Waals surface area contributed by atoms with Crippen molar-refractivity contribution in [2.24, 2.45) is 0 Å². The van der Waals surface area contributed by atoms with Crippen LogP contribution in [0, 0.1) is 0 Å². The molecule has 1 fully saturated rings. The first-order valence-corrected chi connectivity index (χ1v) is 6.06. The van der Waals surface area contributed by atoms with E-state index < -0.39 is 5.60 Å². The number of hydrogen-bond donors (Lipinski definition) is 1. The Bertz CT molecular complexity index is 259. The Morgan fingerprint density at radius 3 is 2.53 bits per heavy atom. The standard InChI is InChI=1S/C12H24N2O3/c1-9(6-13-10-7-16-8-10)14(5)11(15)17-12(2,3)4/h9-10,13H,6-8H2,1-5H3. The molecular weight excluding hydrogens is 220 g/mol. The molecule has 1 rings (SSSR count). The smallest absolute Gasteiger partial charge is 0.410 e. The molecule has 0 aromatic carbocycles. The maximum Gasteiger partial charge on any atom is 0.410 e. The van der Waals surface area contributed by atoms with Crippen molar-refractivity contribution < 1.29 is 14.3 Å². The van der Waals surface area contributed by atoms with Gasteiger partial charge in [-0.1, -0.05) is 0 Å². The number of carbonyl (C=O) groups is 1. The Kier molecular flexibility index (Phi) is 4.77. The van der Waals surface area contributed by atoms with Gasteiger partial charge in [-0.05, 0) is 27.7 Å². The molecule has 1 aliphatic heterocycles. The number of rotatable bonds is 4. The van der Waals surface area contributed by atoms with Crippen molar-refractivity contribution in [3.05, 3.63) is 0 Å². The highest BCUT2D eigenvalue weighted by molar-refractivity contribution is 5.68. The zero-order valence-electron chi connectivity index (χ0n) is 11.4. The average molecular weight is 244 g/mol. The van der Waals surface area contributed by atoms with E-state index in [0.717, 1.165) is 19.8 Å². The van der Waals surface area contributed by atoms with Crippen LogP contribution in [0.2, 0.25) is 0 Å². The maximum atomic E-state index is 11.8. The third-order valence-electron chi connectivity index (χ3n) is 2.68. The van der Waals surface area contributed by atoms with Crippen molar-refractivity contribution in [2.75, 3.05) is 26.8 Å². The Morgan fingerprint density at radius 1 is 1.53 bits per heavy atom. The summed E-state index contributed by atoms with van der Waals surface area (Å²) in [5.74, 6) is 0. The fourth-order valence-corrected chi connectivity index (χ4v) is 1.34. The van der Waals surface area contributed by atoms with Gasteiger partial charge in [0.25, 0.3) is 0 Å².